The van der Waals surface area contributed by atoms with Gasteiger partial charge in [-0.3, -0.25) is 24.2 Å². The summed E-state index contributed by atoms with van der Waals surface area (Å²) in [4.78, 5) is 63.8. The number of amides is 3. The van der Waals surface area contributed by atoms with E-state index >= 15 is 0 Å². The lowest BCUT2D eigenvalue weighted by Gasteiger charge is -2.24. The second-order valence-electron chi connectivity index (χ2n) is 7.14. The number of carbonyl (C=O) groups excluding carboxylic acids is 3. The average Bonchev–Trinajstić information content (AvgIpc) is 2.76. The Kier molecular flexibility index (Phi) is 15.0. The molecule has 0 aromatic heterocycles. The number of aliphatic hydroxyl groups is 1. The number of hydrogen-bond acceptors (Lipinski definition) is 9. The van der Waals surface area contributed by atoms with E-state index in [4.69, 9.17) is 27.4 Å². The Morgan fingerprint density at radius 1 is 0.912 bits per heavy atom. The van der Waals surface area contributed by atoms with E-state index in [1.807, 2.05) is 0 Å². The van der Waals surface area contributed by atoms with Gasteiger partial charge < -0.3 is 48.5 Å². The van der Waals surface area contributed by atoms with Crippen LogP contribution in [0.25, 0.3) is 0 Å². The fraction of sp³-hybridized carbons (Fsp3) is 0.667. The van der Waals surface area contributed by atoms with Gasteiger partial charge in [0.25, 0.3) is 0 Å². The van der Waals surface area contributed by atoms with Crippen molar-refractivity contribution < 1.29 is 39.3 Å². The van der Waals surface area contributed by atoms with Gasteiger partial charge in [-0.2, -0.15) is 11.8 Å². The molecule has 0 aromatic carbocycles. The number of hydrogen-bond donors (Lipinski definition) is 9. The molecular formula is C18H33N7O8S. The maximum atomic E-state index is 12.8. The quantitative estimate of drug-likeness (QED) is 0.0519. The Morgan fingerprint density at radius 3 is 1.97 bits per heavy atom. The SMILES string of the molecule is CSCCC(NC(=O)C(CCCN=C(N)N)NC(=O)C(CC(=O)O)NC(=O)C(N)CO)C(=O)O. The molecule has 0 saturated heterocycles. The smallest absolute Gasteiger partial charge is 0.326 e. The van der Waals surface area contributed by atoms with Crippen LogP contribution in [0.5, 0.6) is 0 Å². The van der Waals surface area contributed by atoms with Crippen LogP contribution in [0.1, 0.15) is 25.7 Å². The number of thioether (sulfide) groups is 1. The normalized spacial score (nSPS) is 14.1. The number of aliphatic imine (C=N–C) groups is 1. The summed E-state index contributed by atoms with van der Waals surface area (Å²) in [6.07, 6.45) is 1.27. The van der Waals surface area contributed by atoms with Crippen molar-refractivity contribution in [3.63, 3.8) is 0 Å². The maximum absolute atomic E-state index is 12.8. The number of aliphatic hydroxyl groups excluding tert-OH is 1. The molecule has 194 valence electrons. The maximum Gasteiger partial charge on any atom is 0.326 e. The number of carboxylic acid groups (broad SMARTS) is 2. The van der Waals surface area contributed by atoms with Gasteiger partial charge in [0.05, 0.1) is 13.0 Å². The topological polar surface area (TPSA) is 273 Å². The van der Waals surface area contributed by atoms with E-state index in [9.17, 15) is 29.1 Å². The molecule has 0 bridgehead atoms. The molecule has 3 amide bonds. The van der Waals surface area contributed by atoms with Crippen LogP contribution in [0.2, 0.25) is 0 Å². The first-order chi connectivity index (χ1) is 15.9. The number of nitrogens with two attached hydrogens (primary N) is 3. The predicted octanol–water partition coefficient (Wildman–Crippen LogP) is -3.87. The van der Waals surface area contributed by atoms with Crippen molar-refractivity contribution in [2.75, 3.05) is 25.2 Å². The third-order valence-electron chi connectivity index (χ3n) is 4.35. The first-order valence-corrected chi connectivity index (χ1v) is 11.6. The van der Waals surface area contributed by atoms with Gasteiger partial charge >= 0.3 is 11.9 Å². The molecule has 15 nitrogen and oxygen atoms in total. The first-order valence-electron chi connectivity index (χ1n) is 10.2. The van der Waals surface area contributed by atoms with E-state index in [0.717, 1.165) is 0 Å². The number of aliphatic carboxylic acids is 2. The molecule has 0 aliphatic rings. The second kappa shape index (κ2) is 16.5. The lowest BCUT2D eigenvalue weighted by atomic mass is 10.1. The second-order valence-corrected chi connectivity index (χ2v) is 8.12. The molecule has 0 saturated carbocycles. The summed E-state index contributed by atoms with van der Waals surface area (Å²) in [5.41, 5.74) is 15.9. The highest BCUT2D eigenvalue weighted by Crippen LogP contribution is 2.05. The van der Waals surface area contributed by atoms with Crippen LogP contribution in [-0.2, 0) is 24.0 Å². The zero-order chi connectivity index (χ0) is 26.3. The number of rotatable bonds is 17. The number of guanidine groups is 1. The van der Waals surface area contributed by atoms with Crippen LogP contribution >= 0.6 is 11.8 Å². The van der Waals surface area contributed by atoms with Crippen LogP contribution in [0.3, 0.4) is 0 Å². The van der Waals surface area contributed by atoms with Crippen molar-refractivity contribution in [3.05, 3.63) is 0 Å². The minimum absolute atomic E-state index is 0.0207. The molecule has 0 aromatic rings. The van der Waals surface area contributed by atoms with Gasteiger partial charge in [0.15, 0.2) is 5.96 Å². The van der Waals surface area contributed by atoms with E-state index in [0.29, 0.717) is 5.75 Å². The van der Waals surface area contributed by atoms with Crippen LogP contribution in [0.4, 0.5) is 0 Å². The summed E-state index contributed by atoms with van der Waals surface area (Å²) in [6, 6.07) is -5.50. The fourth-order valence-corrected chi connectivity index (χ4v) is 3.03. The summed E-state index contributed by atoms with van der Waals surface area (Å²) in [5, 5.41) is 34.2. The minimum Gasteiger partial charge on any atom is -0.481 e. The van der Waals surface area contributed by atoms with Crippen molar-refractivity contribution >= 4 is 47.4 Å². The van der Waals surface area contributed by atoms with Crippen molar-refractivity contribution in [3.8, 4) is 0 Å². The molecule has 12 N–H and O–H groups in total. The van der Waals surface area contributed by atoms with Crippen molar-refractivity contribution in [1.82, 2.24) is 16.0 Å². The molecule has 0 radical (unpaired) electrons. The molecule has 4 unspecified atom stereocenters. The van der Waals surface area contributed by atoms with Gasteiger partial charge in [-0.15, -0.1) is 0 Å². The Balaban J connectivity index is 5.57. The molecule has 0 aliphatic heterocycles. The van der Waals surface area contributed by atoms with Gasteiger partial charge in [-0.05, 0) is 31.3 Å². The van der Waals surface area contributed by atoms with E-state index in [1.165, 1.54) is 11.8 Å². The number of nitrogens with one attached hydrogen (secondary N) is 3. The molecular weight excluding hydrogens is 474 g/mol. The van der Waals surface area contributed by atoms with E-state index in [-0.39, 0.29) is 31.8 Å². The molecule has 0 aliphatic carbocycles. The highest BCUT2D eigenvalue weighted by molar-refractivity contribution is 7.98. The number of carboxylic acids is 2. The summed E-state index contributed by atoms with van der Waals surface area (Å²) in [7, 11) is 0. The Bertz CT molecular complexity index is 748. The highest BCUT2D eigenvalue weighted by Gasteiger charge is 2.31. The fourth-order valence-electron chi connectivity index (χ4n) is 2.56. The Hall–Kier alpha value is -3.11. The number of carbonyl (C=O) groups is 5. The van der Waals surface area contributed by atoms with Crippen LogP contribution < -0.4 is 33.2 Å². The van der Waals surface area contributed by atoms with Gasteiger partial charge in [-0.1, -0.05) is 0 Å². The lowest BCUT2D eigenvalue weighted by molar-refractivity contribution is -0.143. The van der Waals surface area contributed by atoms with E-state index in [2.05, 4.69) is 20.9 Å². The zero-order valence-corrected chi connectivity index (χ0v) is 19.5. The highest BCUT2D eigenvalue weighted by atomic mass is 32.2. The summed E-state index contributed by atoms with van der Waals surface area (Å²) >= 11 is 1.39. The van der Waals surface area contributed by atoms with Crippen LogP contribution in [-0.4, -0.2) is 100 Å². The Labute approximate surface area is 200 Å². The molecule has 0 fully saturated rings. The molecule has 16 heteroatoms. The number of nitrogens with zero attached hydrogens (tertiary/aromatic N) is 1. The van der Waals surface area contributed by atoms with Gasteiger partial charge in [-0.25, -0.2) is 4.79 Å². The van der Waals surface area contributed by atoms with Crippen LogP contribution in [0.15, 0.2) is 4.99 Å². The lowest BCUT2D eigenvalue weighted by Crippen LogP contribution is -2.57. The van der Waals surface area contributed by atoms with E-state index < -0.39 is 66.9 Å². The standard InChI is InChI=1S/C18H33N7O8S/c1-34-6-4-11(17(32)33)24-15(30)10(3-2-5-22-18(20)21)23-16(31)12(7-13(27)28)25-14(29)9(19)8-26/h9-12,26H,2-8,19H2,1H3,(H,23,31)(H,24,30)(H,25,29)(H,27,28)(H,32,33)(H4,20,21,22). The van der Waals surface area contributed by atoms with Gasteiger partial charge in [0, 0.05) is 6.54 Å². The van der Waals surface area contributed by atoms with Crippen LogP contribution in [0, 0.1) is 0 Å². The van der Waals surface area contributed by atoms with Crippen molar-refractivity contribution in [2.45, 2.75) is 49.9 Å². The molecule has 34 heavy (non-hydrogen) atoms. The van der Waals surface area contributed by atoms with Gasteiger partial charge in [0.2, 0.25) is 17.7 Å². The Morgan fingerprint density at radius 2 is 1.47 bits per heavy atom. The summed E-state index contributed by atoms with van der Waals surface area (Å²) in [5.74, 6) is -5.22. The largest absolute Gasteiger partial charge is 0.481 e. The molecule has 0 heterocycles. The van der Waals surface area contributed by atoms with Gasteiger partial charge in [0.1, 0.15) is 24.2 Å². The monoisotopic (exact) mass is 507 g/mol. The first kappa shape index (κ1) is 30.9. The van der Waals surface area contributed by atoms with Crippen molar-refractivity contribution in [1.29, 1.82) is 0 Å². The van der Waals surface area contributed by atoms with E-state index in [1.54, 1.807) is 6.26 Å². The zero-order valence-electron chi connectivity index (χ0n) is 18.7. The average molecular weight is 508 g/mol. The molecule has 4 atom stereocenters. The predicted molar refractivity (Wildman–Crippen MR) is 124 cm³/mol. The van der Waals surface area contributed by atoms with Crippen molar-refractivity contribution in [2.24, 2.45) is 22.2 Å². The third-order valence-corrected chi connectivity index (χ3v) is 4.99. The minimum atomic E-state index is -1.61. The summed E-state index contributed by atoms with van der Waals surface area (Å²) in [6.45, 7) is -0.632. The third kappa shape index (κ3) is 12.8. The summed E-state index contributed by atoms with van der Waals surface area (Å²) < 4.78 is 0. The molecule has 0 spiro atoms. The molecule has 0 rings (SSSR count).